The molecule has 0 radical (unpaired) electrons. The van der Waals surface area contributed by atoms with Crippen LogP contribution < -0.4 is 10.9 Å². The van der Waals surface area contributed by atoms with E-state index in [1.807, 2.05) is 18.2 Å². The third-order valence-electron chi connectivity index (χ3n) is 3.37. The van der Waals surface area contributed by atoms with Gasteiger partial charge in [-0.05, 0) is 31.6 Å². The van der Waals surface area contributed by atoms with Gasteiger partial charge >= 0.3 is 0 Å². The fraction of sp³-hybridized carbons (Fsp3) is 0.438. The summed E-state index contributed by atoms with van der Waals surface area (Å²) in [5.74, 6) is 0. The van der Waals surface area contributed by atoms with E-state index in [0.717, 1.165) is 49.1 Å². The molecule has 0 atom stereocenters. The van der Waals surface area contributed by atoms with Crippen LogP contribution in [0.25, 0.3) is 10.9 Å². The molecule has 0 amide bonds. The summed E-state index contributed by atoms with van der Waals surface area (Å²) in [7, 11) is 2.09. The molecule has 2 N–H and O–H groups in total. The predicted molar refractivity (Wildman–Crippen MR) is 84.1 cm³/mol. The minimum Gasteiger partial charge on any atom is -0.322 e. The molecule has 0 spiro atoms. The summed E-state index contributed by atoms with van der Waals surface area (Å²) in [4.78, 5) is 16.8. The molecule has 1 aromatic heterocycles. The largest absolute Gasteiger partial charge is 0.322 e. The zero-order chi connectivity index (χ0) is 14.4. The van der Waals surface area contributed by atoms with Gasteiger partial charge in [-0.3, -0.25) is 4.79 Å². The van der Waals surface area contributed by atoms with Crippen molar-refractivity contribution >= 4 is 10.9 Å². The van der Waals surface area contributed by atoms with Crippen molar-refractivity contribution in [3.63, 3.8) is 0 Å². The maximum absolute atomic E-state index is 11.7. The van der Waals surface area contributed by atoms with Crippen molar-refractivity contribution in [2.75, 3.05) is 26.7 Å². The molecule has 20 heavy (non-hydrogen) atoms. The van der Waals surface area contributed by atoms with Gasteiger partial charge in [-0.25, -0.2) is 0 Å². The molecule has 0 aliphatic rings. The quantitative estimate of drug-likeness (QED) is 0.758. The zero-order valence-electron chi connectivity index (χ0n) is 12.3. The molecule has 0 saturated carbocycles. The second-order valence-corrected chi connectivity index (χ2v) is 5.19. The van der Waals surface area contributed by atoms with E-state index >= 15 is 0 Å². The first kappa shape index (κ1) is 14.8. The number of rotatable bonds is 7. The number of pyridine rings is 1. The van der Waals surface area contributed by atoms with Gasteiger partial charge < -0.3 is 15.2 Å². The minimum atomic E-state index is -0.0313. The maximum atomic E-state index is 11.7. The zero-order valence-corrected chi connectivity index (χ0v) is 12.3. The number of hydrogen-bond acceptors (Lipinski definition) is 3. The molecule has 1 heterocycles. The van der Waals surface area contributed by atoms with Crippen LogP contribution in [0.15, 0.2) is 35.1 Å². The molecule has 1 aromatic carbocycles. The predicted octanol–water partition coefficient (Wildman–Crippen LogP) is 1.96. The van der Waals surface area contributed by atoms with E-state index in [4.69, 9.17) is 0 Å². The van der Waals surface area contributed by atoms with Gasteiger partial charge in [-0.2, -0.15) is 0 Å². The van der Waals surface area contributed by atoms with E-state index in [9.17, 15) is 4.79 Å². The van der Waals surface area contributed by atoms with Crippen molar-refractivity contribution in [1.29, 1.82) is 0 Å². The molecular weight excluding hydrogens is 250 g/mol. The van der Waals surface area contributed by atoms with E-state index in [1.165, 1.54) is 0 Å². The highest BCUT2D eigenvalue weighted by Crippen LogP contribution is 2.15. The second kappa shape index (κ2) is 7.22. The van der Waals surface area contributed by atoms with Crippen LogP contribution >= 0.6 is 0 Å². The molecule has 0 fully saturated rings. The van der Waals surface area contributed by atoms with Crippen molar-refractivity contribution in [2.24, 2.45) is 0 Å². The topological polar surface area (TPSA) is 48.1 Å². The normalized spacial score (nSPS) is 11.3. The Morgan fingerprint density at radius 1 is 1.25 bits per heavy atom. The fourth-order valence-electron chi connectivity index (χ4n) is 2.35. The van der Waals surface area contributed by atoms with Gasteiger partial charge in [0, 0.05) is 36.6 Å². The van der Waals surface area contributed by atoms with Gasteiger partial charge in [0.2, 0.25) is 5.56 Å². The molecule has 0 saturated heterocycles. The Morgan fingerprint density at radius 2 is 2.05 bits per heavy atom. The van der Waals surface area contributed by atoms with E-state index in [2.05, 4.69) is 35.2 Å². The molecule has 108 valence electrons. The van der Waals surface area contributed by atoms with Crippen molar-refractivity contribution in [3.8, 4) is 0 Å². The molecule has 2 rings (SSSR count). The molecule has 4 nitrogen and oxygen atoms in total. The van der Waals surface area contributed by atoms with Gasteiger partial charge in [-0.1, -0.05) is 25.1 Å². The number of para-hydroxylation sites is 1. The average molecular weight is 273 g/mol. The van der Waals surface area contributed by atoms with Crippen LogP contribution in [0.1, 0.15) is 18.9 Å². The van der Waals surface area contributed by atoms with Crippen LogP contribution in [-0.4, -0.2) is 36.6 Å². The molecule has 0 unspecified atom stereocenters. The molecule has 0 aliphatic heterocycles. The highest BCUT2D eigenvalue weighted by Gasteiger charge is 2.06. The Bertz CT molecular complexity index is 606. The molecule has 2 aromatic rings. The van der Waals surface area contributed by atoms with Crippen LogP contribution in [0.2, 0.25) is 0 Å². The van der Waals surface area contributed by atoms with E-state index in [0.29, 0.717) is 0 Å². The maximum Gasteiger partial charge on any atom is 0.248 e. The smallest absolute Gasteiger partial charge is 0.248 e. The number of aromatic nitrogens is 1. The van der Waals surface area contributed by atoms with Gasteiger partial charge in [-0.15, -0.1) is 0 Å². The summed E-state index contributed by atoms with van der Waals surface area (Å²) in [6, 6.07) is 9.67. The third-order valence-corrected chi connectivity index (χ3v) is 3.37. The Labute approximate surface area is 119 Å². The summed E-state index contributed by atoms with van der Waals surface area (Å²) in [5, 5.41) is 4.52. The lowest BCUT2D eigenvalue weighted by atomic mass is 10.1. The lowest BCUT2D eigenvalue weighted by molar-refractivity contribution is 0.325. The van der Waals surface area contributed by atoms with Crippen LogP contribution in [0.4, 0.5) is 0 Å². The summed E-state index contributed by atoms with van der Waals surface area (Å²) < 4.78 is 0. The molecule has 4 heteroatoms. The molecule has 0 bridgehead atoms. The van der Waals surface area contributed by atoms with Crippen molar-refractivity contribution < 1.29 is 0 Å². The fourth-order valence-corrected chi connectivity index (χ4v) is 2.35. The van der Waals surface area contributed by atoms with Crippen molar-refractivity contribution in [1.82, 2.24) is 15.2 Å². The number of hydrogen-bond donors (Lipinski definition) is 2. The lowest BCUT2D eigenvalue weighted by Gasteiger charge is -2.18. The van der Waals surface area contributed by atoms with Gasteiger partial charge in [0.25, 0.3) is 0 Å². The summed E-state index contributed by atoms with van der Waals surface area (Å²) in [6.45, 7) is 5.96. The number of aromatic amines is 1. The number of likely N-dealkylation sites (N-methyl/N-ethyl adjacent to an activating group) is 1. The van der Waals surface area contributed by atoms with E-state index in [1.54, 1.807) is 6.07 Å². The highest BCUT2D eigenvalue weighted by atomic mass is 16.1. The highest BCUT2D eigenvalue weighted by molar-refractivity contribution is 5.81. The average Bonchev–Trinajstić information content (AvgIpc) is 2.43. The van der Waals surface area contributed by atoms with Crippen LogP contribution in [0.5, 0.6) is 0 Å². The standard InChI is InChI=1S/C16H23N3O/c1-3-8-17-9-10-19(2)12-13-11-16(20)18-15-7-5-4-6-14(13)15/h4-7,11,17H,3,8-10,12H2,1-2H3,(H,18,20). The number of benzene rings is 1. The lowest BCUT2D eigenvalue weighted by Crippen LogP contribution is -2.29. The van der Waals surface area contributed by atoms with Crippen LogP contribution in [-0.2, 0) is 6.54 Å². The number of nitrogens with zero attached hydrogens (tertiary/aromatic N) is 1. The van der Waals surface area contributed by atoms with E-state index < -0.39 is 0 Å². The Balaban J connectivity index is 2.07. The first-order valence-corrected chi connectivity index (χ1v) is 7.21. The Morgan fingerprint density at radius 3 is 2.85 bits per heavy atom. The van der Waals surface area contributed by atoms with Gasteiger partial charge in [0.05, 0.1) is 0 Å². The van der Waals surface area contributed by atoms with Crippen molar-refractivity contribution in [3.05, 3.63) is 46.2 Å². The monoisotopic (exact) mass is 273 g/mol. The molecule has 0 aliphatic carbocycles. The Hall–Kier alpha value is -1.65. The number of H-pyrrole nitrogens is 1. The first-order valence-electron chi connectivity index (χ1n) is 7.21. The number of nitrogens with one attached hydrogen (secondary N) is 2. The SMILES string of the molecule is CCCNCCN(C)Cc1cc(=O)[nH]c2ccccc12. The van der Waals surface area contributed by atoms with Crippen LogP contribution in [0.3, 0.4) is 0 Å². The number of fused-ring (bicyclic) bond motifs is 1. The summed E-state index contributed by atoms with van der Waals surface area (Å²) in [5.41, 5.74) is 1.96. The summed E-state index contributed by atoms with van der Waals surface area (Å²) >= 11 is 0. The second-order valence-electron chi connectivity index (χ2n) is 5.19. The minimum absolute atomic E-state index is 0.0313. The molecular formula is C16H23N3O. The van der Waals surface area contributed by atoms with Crippen LogP contribution in [0, 0.1) is 0 Å². The van der Waals surface area contributed by atoms with E-state index in [-0.39, 0.29) is 5.56 Å². The first-order chi connectivity index (χ1) is 9.70. The Kier molecular flexibility index (Phi) is 5.32. The summed E-state index contributed by atoms with van der Waals surface area (Å²) in [6.07, 6.45) is 1.16. The third kappa shape index (κ3) is 3.92. The van der Waals surface area contributed by atoms with Crippen molar-refractivity contribution in [2.45, 2.75) is 19.9 Å². The van der Waals surface area contributed by atoms with Gasteiger partial charge in [0.15, 0.2) is 0 Å². The van der Waals surface area contributed by atoms with Gasteiger partial charge in [0.1, 0.15) is 0 Å².